The molecule has 1 aliphatic carbocycles. The molecule has 0 aliphatic heterocycles. The number of aromatic nitrogens is 1. The highest BCUT2D eigenvalue weighted by Crippen LogP contribution is 2.36. The summed E-state index contributed by atoms with van der Waals surface area (Å²) in [6.07, 6.45) is 2.04. The zero-order valence-electron chi connectivity index (χ0n) is 13.8. The number of nitrogens with one attached hydrogen (secondary N) is 2. The van der Waals surface area contributed by atoms with Crippen LogP contribution in [0.15, 0.2) is 28.7 Å². The van der Waals surface area contributed by atoms with Crippen molar-refractivity contribution in [3.05, 3.63) is 52.7 Å². The lowest BCUT2D eigenvalue weighted by Crippen LogP contribution is -2.39. The van der Waals surface area contributed by atoms with E-state index in [-0.39, 0.29) is 12.1 Å². The van der Waals surface area contributed by atoms with Gasteiger partial charge in [-0.2, -0.15) is 0 Å². The van der Waals surface area contributed by atoms with Gasteiger partial charge in [0.25, 0.3) is 0 Å². The first-order chi connectivity index (χ1) is 11.0. The summed E-state index contributed by atoms with van der Waals surface area (Å²) in [6.45, 7) is 6.29. The van der Waals surface area contributed by atoms with Gasteiger partial charge >= 0.3 is 6.03 Å². The molecule has 3 rings (SSSR count). The molecule has 0 bridgehead atoms. The third-order valence-corrected chi connectivity index (χ3v) is 4.57. The number of rotatable bonds is 3. The van der Waals surface area contributed by atoms with E-state index in [2.05, 4.69) is 40.7 Å². The van der Waals surface area contributed by atoms with Crippen molar-refractivity contribution in [2.45, 2.75) is 52.1 Å². The molecule has 0 saturated carbocycles. The van der Waals surface area contributed by atoms with Gasteiger partial charge in [-0.1, -0.05) is 31.2 Å². The lowest BCUT2D eigenvalue weighted by molar-refractivity contribution is 0.233. The van der Waals surface area contributed by atoms with Crippen molar-refractivity contribution in [1.82, 2.24) is 15.6 Å². The maximum Gasteiger partial charge on any atom is 0.315 e. The number of nitrogens with zero attached hydrogens (tertiary/aromatic N) is 1. The van der Waals surface area contributed by atoms with Crippen molar-refractivity contribution in [2.24, 2.45) is 0 Å². The molecule has 122 valence electrons. The first kappa shape index (κ1) is 15.6. The molecule has 0 saturated heterocycles. The van der Waals surface area contributed by atoms with Crippen LogP contribution in [0.4, 0.5) is 4.79 Å². The predicted octanol–water partition coefficient (Wildman–Crippen LogP) is 3.73. The molecule has 5 heteroatoms. The number of amides is 2. The van der Waals surface area contributed by atoms with Gasteiger partial charge in [-0.15, -0.1) is 0 Å². The van der Waals surface area contributed by atoms with Gasteiger partial charge < -0.3 is 15.1 Å². The Morgan fingerprint density at radius 2 is 2.00 bits per heavy atom. The SMILES string of the molecule is Cc1nc(CNC(=O)N[C@H]2CC[C@H](C)c3ccccc32)oc1C. The minimum atomic E-state index is -0.187. The summed E-state index contributed by atoms with van der Waals surface area (Å²) in [5.74, 6) is 1.87. The summed E-state index contributed by atoms with van der Waals surface area (Å²) in [6, 6.07) is 8.23. The summed E-state index contributed by atoms with van der Waals surface area (Å²) in [7, 11) is 0. The van der Waals surface area contributed by atoms with Crippen molar-refractivity contribution in [3.8, 4) is 0 Å². The summed E-state index contributed by atoms with van der Waals surface area (Å²) >= 11 is 0. The van der Waals surface area contributed by atoms with Crippen LogP contribution in [0.2, 0.25) is 0 Å². The second kappa shape index (κ2) is 6.44. The zero-order valence-corrected chi connectivity index (χ0v) is 13.8. The molecule has 1 heterocycles. The number of hydrogen-bond acceptors (Lipinski definition) is 3. The van der Waals surface area contributed by atoms with Gasteiger partial charge in [0.15, 0.2) is 0 Å². The lowest BCUT2D eigenvalue weighted by Gasteiger charge is -2.30. The highest BCUT2D eigenvalue weighted by atomic mass is 16.4. The Bertz CT molecular complexity index is 689. The minimum Gasteiger partial charge on any atom is -0.444 e. The predicted molar refractivity (Wildman–Crippen MR) is 88.2 cm³/mol. The number of oxazole rings is 1. The molecule has 0 radical (unpaired) electrons. The Morgan fingerprint density at radius 3 is 2.70 bits per heavy atom. The highest BCUT2D eigenvalue weighted by molar-refractivity contribution is 5.74. The molecular weight excluding hydrogens is 290 g/mol. The van der Waals surface area contributed by atoms with Crippen molar-refractivity contribution >= 4 is 6.03 Å². The van der Waals surface area contributed by atoms with Crippen molar-refractivity contribution in [2.75, 3.05) is 0 Å². The first-order valence-corrected chi connectivity index (χ1v) is 8.10. The van der Waals surface area contributed by atoms with Crippen LogP contribution in [-0.2, 0) is 6.54 Å². The van der Waals surface area contributed by atoms with Crippen molar-refractivity contribution in [3.63, 3.8) is 0 Å². The normalized spacial score (nSPS) is 20.0. The maximum absolute atomic E-state index is 12.2. The molecule has 5 nitrogen and oxygen atoms in total. The van der Waals surface area contributed by atoms with Gasteiger partial charge in [0.1, 0.15) is 5.76 Å². The third kappa shape index (κ3) is 3.38. The van der Waals surface area contributed by atoms with Gasteiger partial charge in [0.2, 0.25) is 5.89 Å². The van der Waals surface area contributed by atoms with E-state index in [1.807, 2.05) is 19.9 Å². The Hall–Kier alpha value is -2.30. The fourth-order valence-electron chi connectivity index (χ4n) is 3.13. The monoisotopic (exact) mass is 313 g/mol. The van der Waals surface area contributed by atoms with Crippen molar-refractivity contribution < 1.29 is 9.21 Å². The lowest BCUT2D eigenvalue weighted by atomic mass is 9.81. The van der Waals surface area contributed by atoms with Crippen molar-refractivity contribution in [1.29, 1.82) is 0 Å². The van der Waals surface area contributed by atoms with Crippen LogP contribution >= 0.6 is 0 Å². The largest absolute Gasteiger partial charge is 0.444 e. The molecule has 1 aliphatic rings. The molecule has 2 amide bonds. The first-order valence-electron chi connectivity index (χ1n) is 8.10. The fraction of sp³-hybridized carbons (Fsp3) is 0.444. The maximum atomic E-state index is 12.2. The molecule has 1 aromatic carbocycles. The highest BCUT2D eigenvalue weighted by Gasteiger charge is 2.25. The molecule has 2 N–H and O–H groups in total. The smallest absolute Gasteiger partial charge is 0.315 e. The van der Waals surface area contributed by atoms with Crippen LogP contribution in [0, 0.1) is 13.8 Å². The number of fused-ring (bicyclic) bond motifs is 1. The molecule has 0 spiro atoms. The Balaban J connectivity index is 1.61. The van der Waals surface area contributed by atoms with E-state index in [9.17, 15) is 4.79 Å². The van der Waals surface area contributed by atoms with E-state index in [0.29, 0.717) is 18.4 Å². The Labute approximate surface area is 136 Å². The Kier molecular flexibility index (Phi) is 4.37. The molecule has 0 unspecified atom stereocenters. The minimum absolute atomic E-state index is 0.0652. The summed E-state index contributed by atoms with van der Waals surface area (Å²) in [5.41, 5.74) is 3.42. The molecule has 2 aromatic rings. The van der Waals surface area contributed by atoms with E-state index >= 15 is 0 Å². The number of benzene rings is 1. The van der Waals surface area contributed by atoms with E-state index < -0.39 is 0 Å². The van der Waals surface area contributed by atoms with Crippen LogP contribution < -0.4 is 10.6 Å². The molecule has 23 heavy (non-hydrogen) atoms. The van der Waals surface area contributed by atoms with Crippen LogP contribution in [0.3, 0.4) is 0 Å². The summed E-state index contributed by atoms with van der Waals surface area (Å²) in [4.78, 5) is 16.4. The standard InChI is InChI=1S/C18H23N3O2/c1-11-8-9-16(15-7-5-4-6-14(11)15)21-18(22)19-10-17-20-12(2)13(3)23-17/h4-7,11,16H,8-10H2,1-3H3,(H2,19,21,22)/t11-,16-/m0/s1. The van der Waals surface area contributed by atoms with E-state index in [1.54, 1.807) is 0 Å². The van der Waals surface area contributed by atoms with Gasteiger partial charge in [0.05, 0.1) is 18.3 Å². The van der Waals surface area contributed by atoms with Crippen LogP contribution in [0.25, 0.3) is 0 Å². The zero-order chi connectivity index (χ0) is 16.4. The fourth-order valence-corrected chi connectivity index (χ4v) is 3.13. The van der Waals surface area contributed by atoms with Gasteiger partial charge in [0, 0.05) is 0 Å². The number of carbonyl (C=O) groups is 1. The topological polar surface area (TPSA) is 67.2 Å². The van der Waals surface area contributed by atoms with Gasteiger partial charge in [-0.3, -0.25) is 0 Å². The summed E-state index contributed by atoms with van der Waals surface area (Å²) in [5, 5.41) is 5.89. The molecular formula is C18H23N3O2. The van der Waals surface area contributed by atoms with Gasteiger partial charge in [-0.25, -0.2) is 9.78 Å². The van der Waals surface area contributed by atoms with E-state index in [4.69, 9.17) is 4.42 Å². The number of aryl methyl sites for hydroxylation is 2. The second-order valence-corrected chi connectivity index (χ2v) is 6.24. The van der Waals surface area contributed by atoms with Crippen LogP contribution in [0.1, 0.15) is 60.2 Å². The van der Waals surface area contributed by atoms with E-state index in [1.165, 1.54) is 11.1 Å². The van der Waals surface area contributed by atoms with Crippen LogP contribution in [-0.4, -0.2) is 11.0 Å². The number of hydrogen-bond donors (Lipinski definition) is 2. The third-order valence-electron chi connectivity index (χ3n) is 4.57. The van der Waals surface area contributed by atoms with E-state index in [0.717, 1.165) is 24.3 Å². The second-order valence-electron chi connectivity index (χ2n) is 6.24. The summed E-state index contributed by atoms with van der Waals surface area (Å²) < 4.78 is 5.47. The van der Waals surface area contributed by atoms with Crippen LogP contribution in [0.5, 0.6) is 0 Å². The molecule has 0 fully saturated rings. The number of carbonyl (C=O) groups excluding carboxylic acids is 1. The number of urea groups is 1. The average Bonchev–Trinajstić information content (AvgIpc) is 2.87. The Morgan fingerprint density at radius 1 is 1.26 bits per heavy atom. The average molecular weight is 313 g/mol. The molecule has 1 aromatic heterocycles. The molecule has 2 atom stereocenters. The van der Waals surface area contributed by atoms with Gasteiger partial charge in [-0.05, 0) is 43.7 Å². The quantitative estimate of drug-likeness (QED) is 0.907.